The molecule has 0 saturated carbocycles. The summed E-state index contributed by atoms with van der Waals surface area (Å²) in [7, 11) is -10.9. The molecule has 2 aliphatic rings. The van der Waals surface area contributed by atoms with Crippen LogP contribution in [-0.4, -0.2) is 30.0 Å². The van der Waals surface area contributed by atoms with Crippen LogP contribution in [-0.2, 0) is 20.2 Å². The lowest BCUT2D eigenvalue weighted by Crippen LogP contribution is -2.49. The minimum atomic E-state index is -5.44. The zero-order valence-electron chi connectivity index (χ0n) is 22.0. The van der Waals surface area contributed by atoms with Crippen molar-refractivity contribution in [3.63, 3.8) is 0 Å². The van der Waals surface area contributed by atoms with Crippen LogP contribution < -0.4 is 10.6 Å². The Labute approximate surface area is 243 Å². The molecule has 0 aliphatic heterocycles. The highest BCUT2D eigenvalue weighted by molar-refractivity contribution is 8.06. The van der Waals surface area contributed by atoms with Gasteiger partial charge in [0.25, 0.3) is 24.3 Å². The molecule has 1 unspecified atom stereocenters. The van der Waals surface area contributed by atoms with Gasteiger partial charge in [0, 0.05) is 39.6 Å². The van der Waals surface area contributed by atoms with Crippen molar-refractivity contribution in [2.24, 2.45) is 0 Å². The fraction of sp³-hybridized carbons (Fsp3) is 0.0625. The van der Waals surface area contributed by atoms with Gasteiger partial charge in [-0.05, 0) is 59.0 Å². The SMILES string of the molecule is O=S(=O)(O)C1(S(=O)(=O)O)C=CC=C2C1=C(Nc1ccccc1)C=CC2c1ccc(Nc2ccccc2)c2ccccc12. The number of benzene rings is 4. The van der Waals surface area contributed by atoms with Crippen LogP contribution in [0, 0.1) is 0 Å². The summed E-state index contributed by atoms with van der Waals surface area (Å²) in [5.41, 5.74) is 3.21. The Hall–Kier alpha value is -4.48. The van der Waals surface area contributed by atoms with Crippen LogP contribution in [0.2, 0.25) is 0 Å². The molecule has 42 heavy (non-hydrogen) atoms. The Morgan fingerprint density at radius 1 is 0.667 bits per heavy atom. The van der Waals surface area contributed by atoms with Crippen molar-refractivity contribution in [2.75, 3.05) is 10.6 Å². The van der Waals surface area contributed by atoms with Crippen LogP contribution in [0.4, 0.5) is 17.1 Å². The lowest BCUT2D eigenvalue weighted by molar-refractivity contribution is 0.446. The van der Waals surface area contributed by atoms with Gasteiger partial charge in [0.05, 0.1) is 0 Å². The summed E-state index contributed by atoms with van der Waals surface area (Å²) in [5.74, 6) is -0.621. The van der Waals surface area contributed by atoms with Crippen molar-refractivity contribution >= 4 is 48.1 Å². The van der Waals surface area contributed by atoms with Crippen molar-refractivity contribution < 1.29 is 25.9 Å². The quantitative estimate of drug-likeness (QED) is 0.176. The lowest BCUT2D eigenvalue weighted by Gasteiger charge is -2.37. The van der Waals surface area contributed by atoms with Crippen molar-refractivity contribution in [3.05, 3.63) is 150 Å². The predicted molar refractivity (Wildman–Crippen MR) is 166 cm³/mol. The summed E-state index contributed by atoms with van der Waals surface area (Å²) < 4.78 is 69.4. The van der Waals surface area contributed by atoms with Gasteiger partial charge in [0.15, 0.2) is 0 Å². The fourth-order valence-electron chi connectivity index (χ4n) is 5.62. The highest BCUT2D eigenvalue weighted by Gasteiger charge is 2.59. The summed E-state index contributed by atoms with van der Waals surface area (Å²) >= 11 is 0. The van der Waals surface area contributed by atoms with Gasteiger partial charge in [-0.15, -0.1) is 0 Å². The van der Waals surface area contributed by atoms with Crippen LogP contribution in [0.25, 0.3) is 10.8 Å². The van der Waals surface area contributed by atoms with Gasteiger partial charge in [0.2, 0.25) is 0 Å². The zero-order valence-corrected chi connectivity index (χ0v) is 23.7. The topological polar surface area (TPSA) is 133 Å². The molecule has 2 aliphatic carbocycles. The van der Waals surface area contributed by atoms with Gasteiger partial charge in [-0.3, -0.25) is 9.11 Å². The second-order valence-electron chi connectivity index (χ2n) is 9.95. The summed E-state index contributed by atoms with van der Waals surface area (Å²) in [6.07, 6.45) is 7.06. The molecule has 0 aromatic heterocycles. The zero-order chi connectivity index (χ0) is 29.5. The first kappa shape index (κ1) is 27.7. The molecule has 0 radical (unpaired) electrons. The normalized spacial score (nSPS) is 18.0. The van der Waals surface area contributed by atoms with E-state index in [0.717, 1.165) is 33.8 Å². The standard InChI is InChI=1S/C32H26N2O6S2/c35-41(36,37)32(42(38,39)40)21-9-16-28-26(18-20-30(31(28)32)34-23-12-5-2-6-13-23)25-17-19-29(27-15-8-7-14-24(25)27)33-22-10-3-1-4-11-22/h1-21,26,33-34H,(H,35,36,37)(H,38,39,40). The highest BCUT2D eigenvalue weighted by Crippen LogP contribution is 2.50. The number of fused-ring (bicyclic) bond motifs is 2. The Morgan fingerprint density at radius 3 is 1.86 bits per heavy atom. The van der Waals surface area contributed by atoms with E-state index in [2.05, 4.69) is 10.6 Å². The number of allylic oxidation sites excluding steroid dienone is 5. The number of rotatable bonds is 7. The molecule has 0 bridgehead atoms. The summed E-state index contributed by atoms with van der Waals surface area (Å²) in [6.45, 7) is 0. The van der Waals surface area contributed by atoms with Gasteiger partial charge < -0.3 is 10.6 Å². The smallest absolute Gasteiger partial charge is 0.296 e. The second-order valence-corrected chi connectivity index (χ2v) is 13.4. The largest absolute Gasteiger partial charge is 0.355 e. The van der Waals surface area contributed by atoms with E-state index in [-0.39, 0.29) is 11.3 Å². The monoisotopic (exact) mass is 598 g/mol. The maximum Gasteiger partial charge on any atom is 0.296 e. The third-order valence-electron chi connectivity index (χ3n) is 7.45. The molecule has 0 fully saturated rings. The molecular weight excluding hydrogens is 572 g/mol. The average molecular weight is 599 g/mol. The maximum absolute atomic E-state index is 12.9. The lowest BCUT2D eigenvalue weighted by atomic mass is 9.77. The molecule has 10 heteroatoms. The van der Waals surface area contributed by atoms with Gasteiger partial charge >= 0.3 is 0 Å². The summed E-state index contributed by atoms with van der Waals surface area (Å²) in [6, 6.07) is 30.0. The molecule has 8 nitrogen and oxygen atoms in total. The number of para-hydroxylation sites is 2. The van der Waals surface area contributed by atoms with Crippen molar-refractivity contribution in [1.82, 2.24) is 0 Å². The molecule has 212 valence electrons. The van der Waals surface area contributed by atoms with Gasteiger partial charge in [-0.1, -0.05) is 85.0 Å². The Morgan fingerprint density at radius 2 is 1.24 bits per heavy atom. The molecule has 0 saturated heterocycles. The third-order valence-corrected chi connectivity index (χ3v) is 10.9. The molecule has 6 rings (SSSR count). The first-order valence-electron chi connectivity index (χ1n) is 13.0. The molecule has 4 N–H and O–H groups in total. The van der Waals surface area contributed by atoms with E-state index in [1.807, 2.05) is 72.8 Å². The van der Waals surface area contributed by atoms with Crippen molar-refractivity contribution in [2.45, 2.75) is 10.00 Å². The van der Waals surface area contributed by atoms with Crippen LogP contribution in [0.3, 0.4) is 0 Å². The van der Waals surface area contributed by atoms with E-state index >= 15 is 0 Å². The van der Waals surface area contributed by atoms with Crippen LogP contribution in [0.1, 0.15) is 11.5 Å². The number of anilines is 3. The van der Waals surface area contributed by atoms with E-state index in [0.29, 0.717) is 11.3 Å². The summed E-state index contributed by atoms with van der Waals surface area (Å²) in [4.78, 5) is 0. The molecule has 0 amide bonds. The van der Waals surface area contributed by atoms with E-state index in [1.54, 1.807) is 42.5 Å². The molecule has 4 aromatic carbocycles. The molecule has 1 atom stereocenters. The van der Waals surface area contributed by atoms with E-state index in [4.69, 9.17) is 0 Å². The van der Waals surface area contributed by atoms with E-state index in [9.17, 15) is 25.9 Å². The van der Waals surface area contributed by atoms with Crippen LogP contribution >= 0.6 is 0 Å². The molecule has 4 aromatic rings. The first-order chi connectivity index (χ1) is 20.1. The number of hydrogen-bond acceptors (Lipinski definition) is 6. The number of nitrogens with one attached hydrogen (secondary N) is 2. The fourth-order valence-corrected chi connectivity index (χ4v) is 8.16. The van der Waals surface area contributed by atoms with Crippen molar-refractivity contribution in [3.8, 4) is 0 Å². The number of hydrogen-bond donors (Lipinski definition) is 4. The van der Waals surface area contributed by atoms with Crippen LogP contribution in [0.15, 0.2) is 144 Å². The van der Waals surface area contributed by atoms with E-state index < -0.39 is 30.2 Å². The molecule has 0 heterocycles. The highest BCUT2D eigenvalue weighted by atomic mass is 32.3. The van der Waals surface area contributed by atoms with Gasteiger partial charge in [-0.2, -0.15) is 16.8 Å². The third kappa shape index (κ3) is 4.64. The minimum absolute atomic E-state index is 0.106. The predicted octanol–water partition coefficient (Wildman–Crippen LogP) is 6.57. The Bertz CT molecular complexity index is 2000. The second kappa shape index (κ2) is 10.4. The average Bonchev–Trinajstić information content (AvgIpc) is 2.97. The Balaban J connectivity index is 1.55. The molecular formula is C32H26N2O6S2. The Kier molecular flexibility index (Phi) is 6.86. The van der Waals surface area contributed by atoms with Crippen molar-refractivity contribution in [1.29, 1.82) is 0 Å². The van der Waals surface area contributed by atoms with Gasteiger partial charge in [0.1, 0.15) is 0 Å². The summed E-state index contributed by atoms with van der Waals surface area (Å²) in [5, 5.41) is 8.26. The minimum Gasteiger partial charge on any atom is -0.355 e. The first-order valence-corrected chi connectivity index (χ1v) is 15.9. The van der Waals surface area contributed by atoms with Crippen LogP contribution in [0.5, 0.6) is 0 Å². The maximum atomic E-state index is 12.9. The van der Waals surface area contributed by atoms with Gasteiger partial charge in [-0.25, -0.2) is 0 Å². The molecule has 0 spiro atoms. The van der Waals surface area contributed by atoms with E-state index in [1.165, 1.54) is 6.08 Å².